The molecule has 1 atom stereocenters. The van der Waals surface area contributed by atoms with Gasteiger partial charge >= 0.3 is 0 Å². The number of hydrogen-bond acceptors (Lipinski definition) is 4. The van der Waals surface area contributed by atoms with E-state index in [2.05, 4.69) is 4.98 Å². The van der Waals surface area contributed by atoms with Crippen molar-refractivity contribution in [2.45, 2.75) is 19.9 Å². The molecule has 1 fully saturated rings. The molecule has 1 N–H and O–H groups in total. The smallest absolute Gasteiger partial charge is 0.300 e. The normalized spacial score (nSPS) is 18.3. The summed E-state index contributed by atoms with van der Waals surface area (Å²) in [6.07, 6.45) is 3.22. The fourth-order valence-corrected chi connectivity index (χ4v) is 3.59. The van der Waals surface area contributed by atoms with Gasteiger partial charge in [-0.25, -0.2) is 0 Å². The number of aliphatic hydroxyl groups is 1. The lowest BCUT2D eigenvalue weighted by Crippen LogP contribution is -2.29. The molecule has 0 radical (unpaired) electrons. The zero-order valence-electron chi connectivity index (χ0n) is 16.2. The zero-order valence-corrected chi connectivity index (χ0v) is 16.2. The fraction of sp³-hybridized carbons (Fsp3) is 0.125. The van der Waals surface area contributed by atoms with Crippen molar-refractivity contribution >= 4 is 23.1 Å². The van der Waals surface area contributed by atoms with Crippen molar-refractivity contribution in [2.75, 3.05) is 4.90 Å². The van der Waals surface area contributed by atoms with Crippen molar-refractivity contribution in [3.8, 4) is 0 Å². The second-order valence-corrected chi connectivity index (χ2v) is 7.08. The van der Waals surface area contributed by atoms with Crippen molar-refractivity contribution in [3.63, 3.8) is 0 Å². The third kappa shape index (κ3) is 3.21. The average Bonchev–Trinajstić information content (AvgIpc) is 3.01. The van der Waals surface area contributed by atoms with Crippen molar-refractivity contribution < 1.29 is 14.7 Å². The fourth-order valence-electron chi connectivity index (χ4n) is 3.59. The third-order valence-corrected chi connectivity index (χ3v) is 5.28. The predicted molar refractivity (Wildman–Crippen MR) is 111 cm³/mol. The third-order valence-electron chi connectivity index (χ3n) is 5.28. The van der Waals surface area contributed by atoms with Crippen LogP contribution in [0, 0.1) is 13.8 Å². The molecule has 0 saturated carbocycles. The van der Waals surface area contributed by atoms with Gasteiger partial charge in [0.1, 0.15) is 5.76 Å². The van der Waals surface area contributed by atoms with Gasteiger partial charge in [-0.05, 0) is 60.9 Å². The molecular weight excluding hydrogens is 364 g/mol. The van der Waals surface area contributed by atoms with Gasteiger partial charge in [-0.3, -0.25) is 19.5 Å². The number of carbonyl (C=O) groups is 2. The van der Waals surface area contributed by atoms with E-state index in [0.717, 1.165) is 11.1 Å². The average molecular weight is 384 g/mol. The molecule has 1 unspecified atom stereocenters. The minimum Gasteiger partial charge on any atom is -0.507 e. The monoisotopic (exact) mass is 384 g/mol. The summed E-state index contributed by atoms with van der Waals surface area (Å²) in [7, 11) is 0. The Morgan fingerprint density at radius 3 is 2.28 bits per heavy atom. The van der Waals surface area contributed by atoms with E-state index in [9.17, 15) is 14.7 Å². The molecule has 1 aliphatic rings. The minimum absolute atomic E-state index is 0.0771. The first kappa shape index (κ1) is 18.6. The minimum atomic E-state index is -0.734. The first-order chi connectivity index (χ1) is 14.0. The summed E-state index contributed by atoms with van der Waals surface area (Å²) < 4.78 is 0. The number of pyridine rings is 1. The molecule has 4 rings (SSSR count). The van der Waals surface area contributed by atoms with Crippen LogP contribution in [0.1, 0.15) is 28.3 Å². The van der Waals surface area contributed by atoms with E-state index >= 15 is 0 Å². The van der Waals surface area contributed by atoms with E-state index in [1.807, 2.05) is 44.2 Å². The van der Waals surface area contributed by atoms with Crippen molar-refractivity contribution in [3.05, 3.63) is 101 Å². The number of hydrogen-bond donors (Lipinski definition) is 1. The number of anilines is 1. The molecule has 144 valence electrons. The molecule has 1 aliphatic heterocycles. The number of para-hydroxylation sites is 1. The lowest BCUT2D eigenvalue weighted by Gasteiger charge is -2.25. The Hall–Kier alpha value is -3.73. The summed E-state index contributed by atoms with van der Waals surface area (Å²) in [5.74, 6) is -1.54. The van der Waals surface area contributed by atoms with Crippen LogP contribution in [0.15, 0.2) is 78.6 Å². The summed E-state index contributed by atoms with van der Waals surface area (Å²) in [6.45, 7) is 3.92. The van der Waals surface area contributed by atoms with Crippen LogP contribution in [-0.4, -0.2) is 21.8 Å². The first-order valence-corrected chi connectivity index (χ1v) is 9.32. The maximum absolute atomic E-state index is 13.0. The van der Waals surface area contributed by atoms with Gasteiger partial charge in [0.2, 0.25) is 0 Å². The topological polar surface area (TPSA) is 70.5 Å². The van der Waals surface area contributed by atoms with Crippen LogP contribution < -0.4 is 4.90 Å². The number of aryl methyl sites for hydroxylation is 2. The number of amides is 1. The number of carbonyl (C=O) groups excluding carboxylic acids is 2. The molecule has 29 heavy (non-hydrogen) atoms. The summed E-state index contributed by atoms with van der Waals surface area (Å²) in [5.41, 5.74) is 3.96. The van der Waals surface area contributed by atoms with Crippen LogP contribution >= 0.6 is 0 Å². The Bertz CT molecular complexity index is 1120. The summed E-state index contributed by atoms with van der Waals surface area (Å²) >= 11 is 0. The molecule has 3 aromatic rings. The van der Waals surface area contributed by atoms with Gasteiger partial charge in [-0.2, -0.15) is 0 Å². The Morgan fingerprint density at radius 2 is 1.62 bits per heavy atom. The number of nitrogens with zero attached hydrogens (tertiary/aromatic N) is 2. The molecule has 5 heteroatoms. The van der Waals surface area contributed by atoms with Crippen LogP contribution in [0.4, 0.5) is 5.69 Å². The molecule has 1 amide bonds. The Kier molecular flexibility index (Phi) is 4.72. The second-order valence-electron chi connectivity index (χ2n) is 7.08. The standard InChI is InChI=1S/C24H20N2O3/c1-15-8-9-18(14-16(15)2)22(27)20-21(17-10-12-25-13-11-17)26(24(29)23(20)28)19-6-4-3-5-7-19/h3-14,21,27H,1-2H3/b22-20-. The van der Waals surface area contributed by atoms with Gasteiger partial charge in [-0.15, -0.1) is 0 Å². The van der Waals surface area contributed by atoms with Crippen molar-refractivity contribution in [2.24, 2.45) is 0 Å². The Labute approximate surface area is 169 Å². The maximum atomic E-state index is 13.0. The molecule has 0 aliphatic carbocycles. The lowest BCUT2D eigenvalue weighted by molar-refractivity contribution is -0.132. The van der Waals surface area contributed by atoms with Gasteiger partial charge in [-0.1, -0.05) is 30.3 Å². The number of ketones is 1. The molecule has 1 aromatic heterocycles. The van der Waals surface area contributed by atoms with Crippen molar-refractivity contribution in [1.82, 2.24) is 4.98 Å². The van der Waals surface area contributed by atoms with E-state index in [1.54, 1.807) is 42.7 Å². The van der Waals surface area contributed by atoms with E-state index in [0.29, 0.717) is 16.8 Å². The van der Waals surface area contributed by atoms with Gasteiger partial charge in [0.15, 0.2) is 0 Å². The summed E-state index contributed by atoms with van der Waals surface area (Å²) in [6, 6.07) is 17.2. The molecular formula is C24H20N2O3. The van der Waals surface area contributed by atoms with Crippen LogP contribution in [0.3, 0.4) is 0 Å². The van der Waals surface area contributed by atoms with Gasteiger partial charge < -0.3 is 5.11 Å². The highest BCUT2D eigenvalue weighted by atomic mass is 16.3. The highest BCUT2D eigenvalue weighted by Gasteiger charge is 2.46. The lowest BCUT2D eigenvalue weighted by atomic mass is 9.94. The second kappa shape index (κ2) is 7.36. The zero-order chi connectivity index (χ0) is 20.5. The first-order valence-electron chi connectivity index (χ1n) is 9.32. The van der Waals surface area contributed by atoms with Gasteiger partial charge in [0.25, 0.3) is 11.7 Å². The number of aliphatic hydroxyl groups excluding tert-OH is 1. The van der Waals surface area contributed by atoms with Crippen molar-refractivity contribution in [1.29, 1.82) is 0 Å². The van der Waals surface area contributed by atoms with Gasteiger partial charge in [0, 0.05) is 23.6 Å². The molecule has 0 spiro atoms. The number of Topliss-reactive ketones (excluding diaryl/α,β-unsaturated/α-hetero) is 1. The number of rotatable bonds is 3. The van der Waals surface area contributed by atoms with Crippen LogP contribution in [0.25, 0.3) is 5.76 Å². The highest BCUT2D eigenvalue weighted by molar-refractivity contribution is 6.51. The quantitative estimate of drug-likeness (QED) is 0.415. The van der Waals surface area contributed by atoms with E-state index in [4.69, 9.17) is 0 Å². The predicted octanol–water partition coefficient (Wildman–Crippen LogP) is 4.32. The van der Waals surface area contributed by atoms with Crippen LogP contribution in [0.2, 0.25) is 0 Å². The SMILES string of the molecule is Cc1ccc(/C(O)=C2/C(=O)C(=O)N(c3ccccc3)C2c2ccncc2)cc1C. The summed E-state index contributed by atoms with van der Waals surface area (Å²) in [5, 5.41) is 11.1. The number of aromatic nitrogens is 1. The molecule has 2 aromatic carbocycles. The summed E-state index contributed by atoms with van der Waals surface area (Å²) in [4.78, 5) is 31.5. The maximum Gasteiger partial charge on any atom is 0.300 e. The molecule has 2 heterocycles. The van der Waals surface area contributed by atoms with E-state index in [-0.39, 0.29) is 11.3 Å². The Balaban J connectivity index is 1.95. The molecule has 5 nitrogen and oxygen atoms in total. The number of benzene rings is 2. The highest BCUT2D eigenvalue weighted by Crippen LogP contribution is 2.41. The Morgan fingerprint density at radius 1 is 0.931 bits per heavy atom. The van der Waals surface area contributed by atoms with E-state index < -0.39 is 17.7 Å². The largest absolute Gasteiger partial charge is 0.507 e. The molecule has 0 bridgehead atoms. The van der Waals surface area contributed by atoms with Crippen LogP contribution in [0.5, 0.6) is 0 Å². The van der Waals surface area contributed by atoms with Crippen LogP contribution in [-0.2, 0) is 9.59 Å². The van der Waals surface area contributed by atoms with Gasteiger partial charge in [0.05, 0.1) is 11.6 Å². The van der Waals surface area contributed by atoms with E-state index in [1.165, 1.54) is 4.90 Å². The molecule has 1 saturated heterocycles.